The zero-order valence-electron chi connectivity index (χ0n) is 32.4. The minimum Gasteiger partial charge on any atom is -0.456 e. The maximum absolute atomic E-state index is 6.22. The molecule has 4 nitrogen and oxygen atoms in total. The second kappa shape index (κ2) is 14.0. The van der Waals surface area contributed by atoms with E-state index < -0.39 is 0 Å². The lowest BCUT2D eigenvalue weighted by atomic mass is 9.91. The first-order valence-corrected chi connectivity index (χ1v) is 19.9. The molecule has 0 atom stereocenters. The molecule has 0 radical (unpaired) electrons. The summed E-state index contributed by atoms with van der Waals surface area (Å²) in [6.45, 7) is 6.20. The van der Waals surface area contributed by atoms with Crippen molar-refractivity contribution in [2.75, 3.05) is 0 Å². The van der Waals surface area contributed by atoms with Gasteiger partial charge in [0.1, 0.15) is 11.2 Å². The van der Waals surface area contributed by atoms with Crippen LogP contribution < -0.4 is 0 Å². The molecule has 4 heteroatoms. The van der Waals surface area contributed by atoms with Crippen molar-refractivity contribution in [2.24, 2.45) is 0 Å². The molecule has 0 amide bonds. The highest BCUT2D eigenvalue weighted by molar-refractivity contribution is 6.14. The lowest BCUT2D eigenvalue weighted by Gasteiger charge is -2.17. The highest BCUT2D eigenvalue weighted by Gasteiger charge is 2.19. The highest BCUT2D eigenvalue weighted by atomic mass is 16.3. The molecule has 0 saturated heterocycles. The van der Waals surface area contributed by atoms with Gasteiger partial charge >= 0.3 is 0 Å². The zero-order chi connectivity index (χ0) is 39.5. The maximum Gasteiger partial charge on any atom is 0.160 e. The molecule has 0 aliphatic carbocycles. The molecule has 0 aliphatic heterocycles. The fourth-order valence-electron chi connectivity index (χ4n) is 8.74. The summed E-state index contributed by atoms with van der Waals surface area (Å²) in [5.41, 5.74) is 13.1. The number of furan rings is 1. The van der Waals surface area contributed by atoms with Gasteiger partial charge in [-0.15, -0.1) is 0 Å². The van der Waals surface area contributed by atoms with E-state index in [-0.39, 0.29) is 0 Å². The van der Waals surface area contributed by atoms with Crippen molar-refractivity contribution in [2.45, 2.75) is 6.92 Å². The van der Waals surface area contributed by atoms with Gasteiger partial charge in [0.25, 0.3) is 0 Å². The van der Waals surface area contributed by atoms with Crippen LogP contribution in [-0.4, -0.2) is 14.5 Å². The number of fused-ring (bicyclic) bond motifs is 7. The van der Waals surface area contributed by atoms with Crippen molar-refractivity contribution < 1.29 is 4.42 Å². The van der Waals surface area contributed by atoms with E-state index in [0.717, 1.165) is 78.0 Å². The average Bonchev–Trinajstić information content (AvgIpc) is 3.81. The number of para-hydroxylation sites is 2. The van der Waals surface area contributed by atoms with Crippen molar-refractivity contribution in [3.8, 4) is 50.7 Å². The molecule has 278 valence electrons. The normalized spacial score (nSPS) is 11.8. The molecule has 11 rings (SSSR count). The monoisotopic (exact) mass is 755 g/mol. The average molecular weight is 756 g/mol. The second-order valence-corrected chi connectivity index (χ2v) is 15.1. The summed E-state index contributed by atoms with van der Waals surface area (Å²) in [6.07, 6.45) is 6.01. The lowest BCUT2D eigenvalue weighted by molar-refractivity contribution is 0.669. The van der Waals surface area contributed by atoms with Crippen molar-refractivity contribution in [1.29, 1.82) is 0 Å². The molecule has 0 spiro atoms. The van der Waals surface area contributed by atoms with Gasteiger partial charge in [-0.1, -0.05) is 134 Å². The summed E-state index contributed by atoms with van der Waals surface area (Å²) >= 11 is 0. The molecule has 3 heterocycles. The Hall–Kier alpha value is -7.82. The van der Waals surface area contributed by atoms with Crippen LogP contribution in [0.5, 0.6) is 0 Å². The molecule has 0 unspecified atom stereocenters. The van der Waals surface area contributed by atoms with Crippen LogP contribution >= 0.6 is 0 Å². The second-order valence-electron chi connectivity index (χ2n) is 15.1. The van der Waals surface area contributed by atoms with E-state index in [0.29, 0.717) is 5.82 Å². The smallest absolute Gasteiger partial charge is 0.160 e. The standard InChI is InChI=1S/C55H37N3O/c1-3-4-24-51-35(2)42-19-12-14-25-52(42)58(51)41-30-39(47-32-37-18-8-9-20-43(37)44-21-10-11-22-45(44)47)29-40(31-41)50-34-49(56-55(57-50)36-16-6-5-7-17-36)38-27-28-54-48(33-38)46-23-13-15-26-53(46)59-54/h3-34H,1H2,2H3/b24-4-. The van der Waals surface area contributed by atoms with E-state index in [1.807, 2.05) is 42.5 Å². The predicted molar refractivity (Wildman–Crippen MR) is 247 cm³/mol. The zero-order valence-corrected chi connectivity index (χ0v) is 32.4. The number of rotatable bonds is 7. The van der Waals surface area contributed by atoms with Gasteiger partial charge in [-0.3, -0.25) is 0 Å². The van der Waals surface area contributed by atoms with Gasteiger partial charge < -0.3 is 8.98 Å². The lowest BCUT2D eigenvalue weighted by Crippen LogP contribution is -2.00. The first kappa shape index (κ1) is 34.4. The minimum absolute atomic E-state index is 0.662. The fourth-order valence-corrected chi connectivity index (χ4v) is 8.74. The Balaban J connectivity index is 1.21. The fraction of sp³-hybridized carbons (Fsp3) is 0.0182. The Bertz CT molecular complexity index is 3480. The SMILES string of the molecule is C=C/C=C\c1c(C)c2ccccc2n1-c1cc(-c2cc(-c3ccc4oc5ccccc5c4c3)nc(-c3ccccc3)n2)cc(-c2cc3ccccc3c3ccccc23)c1. The van der Waals surface area contributed by atoms with Gasteiger partial charge in [-0.05, 0) is 112 Å². The molecule has 59 heavy (non-hydrogen) atoms. The van der Waals surface area contributed by atoms with Gasteiger partial charge in [0.05, 0.1) is 16.9 Å². The summed E-state index contributed by atoms with van der Waals surface area (Å²) < 4.78 is 8.59. The molecule has 0 saturated carbocycles. The van der Waals surface area contributed by atoms with E-state index >= 15 is 0 Å². The Morgan fingerprint density at radius 1 is 0.508 bits per heavy atom. The molecule has 11 aromatic rings. The van der Waals surface area contributed by atoms with Crippen LogP contribution in [0.2, 0.25) is 0 Å². The van der Waals surface area contributed by atoms with E-state index in [4.69, 9.17) is 14.4 Å². The third kappa shape index (κ3) is 5.84. The summed E-state index contributed by atoms with van der Waals surface area (Å²) in [5.74, 6) is 0.662. The number of aromatic nitrogens is 3. The number of allylic oxidation sites excluding steroid dienone is 2. The van der Waals surface area contributed by atoms with Crippen LogP contribution in [0.15, 0.2) is 199 Å². The van der Waals surface area contributed by atoms with Crippen LogP contribution in [0.25, 0.3) is 111 Å². The molecule has 0 N–H and O–H groups in total. The molecule has 3 aromatic heterocycles. The van der Waals surface area contributed by atoms with Crippen LogP contribution in [0.3, 0.4) is 0 Å². The summed E-state index contributed by atoms with van der Waals surface area (Å²) in [6, 6.07) is 62.2. The van der Waals surface area contributed by atoms with Crippen LogP contribution in [0, 0.1) is 6.92 Å². The number of hydrogen-bond acceptors (Lipinski definition) is 3. The van der Waals surface area contributed by atoms with Crippen LogP contribution in [0.4, 0.5) is 0 Å². The molecule has 0 aliphatic rings. The van der Waals surface area contributed by atoms with Crippen LogP contribution in [0.1, 0.15) is 11.3 Å². The van der Waals surface area contributed by atoms with Gasteiger partial charge in [-0.2, -0.15) is 0 Å². The highest BCUT2D eigenvalue weighted by Crippen LogP contribution is 2.41. The molecule has 0 fully saturated rings. The molecular weight excluding hydrogens is 719 g/mol. The van der Waals surface area contributed by atoms with Crippen molar-refractivity contribution in [1.82, 2.24) is 14.5 Å². The first-order chi connectivity index (χ1) is 29.1. The summed E-state index contributed by atoms with van der Waals surface area (Å²) in [5, 5.41) is 8.20. The Labute approximate surface area is 341 Å². The summed E-state index contributed by atoms with van der Waals surface area (Å²) in [4.78, 5) is 10.6. The Morgan fingerprint density at radius 3 is 2.00 bits per heavy atom. The van der Waals surface area contributed by atoms with E-state index in [9.17, 15) is 0 Å². The molecular formula is C55H37N3O. The topological polar surface area (TPSA) is 43.9 Å². The van der Waals surface area contributed by atoms with Gasteiger partial charge in [0.2, 0.25) is 0 Å². The van der Waals surface area contributed by atoms with Crippen molar-refractivity contribution >= 4 is 60.5 Å². The molecule has 8 aromatic carbocycles. The van der Waals surface area contributed by atoms with Gasteiger partial charge in [0.15, 0.2) is 5.82 Å². The first-order valence-electron chi connectivity index (χ1n) is 19.9. The quantitative estimate of drug-likeness (QED) is 0.120. The van der Waals surface area contributed by atoms with E-state index in [1.54, 1.807) is 0 Å². The van der Waals surface area contributed by atoms with Gasteiger partial charge in [0, 0.05) is 44.2 Å². The number of benzene rings is 8. The largest absolute Gasteiger partial charge is 0.456 e. The number of hydrogen-bond donors (Lipinski definition) is 0. The third-order valence-corrected chi connectivity index (χ3v) is 11.5. The van der Waals surface area contributed by atoms with Gasteiger partial charge in [-0.25, -0.2) is 9.97 Å². The Kier molecular flexibility index (Phi) is 8.16. The predicted octanol–water partition coefficient (Wildman–Crippen LogP) is 14.8. The Morgan fingerprint density at radius 2 is 1.17 bits per heavy atom. The summed E-state index contributed by atoms with van der Waals surface area (Å²) in [7, 11) is 0. The maximum atomic E-state index is 6.22. The van der Waals surface area contributed by atoms with E-state index in [2.05, 4.69) is 170 Å². The van der Waals surface area contributed by atoms with Crippen LogP contribution in [-0.2, 0) is 0 Å². The molecule has 0 bridgehead atoms. The minimum atomic E-state index is 0.662. The third-order valence-electron chi connectivity index (χ3n) is 11.5. The van der Waals surface area contributed by atoms with E-state index in [1.165, 1.54) is 32.5 Å². The number of aryl methyl sites for hydroxylation is 1. The van der Waals surface area contributed by atoms with Crippen molar-refractivity contribution in [3.05, 3.63) is 206 Å². The van der Waals surface area contributed by atoms with Crippen molar-refractivity contribution in [3.63, 3.8) is 0 Å². The number of nitrogens with zero attached hydrogens (tertiary/aromatic N) is 3.